The molecule has 104 valence electrons. The van der Waals surface area contributed by atoms with Crippen LogP contribution < -0.4 is 5.32 Å². The second-order valence-corrected chi connectivity index (χ2v) is 6.10. The Balaban J connectivity index is 2.69. The number of amides is 1. The van der Waals surface area contributed by atoms with Crippen molar-refractivity contribution in [2.45, 2.75) is 24.6 Å². The third kappa shape index (κ3) is 5.16. The first-order valence-corrected chi connectivity index (χ1v) is 7.07. The van der Waals surface area contributed by atoms with Gasteiger partial charge in [-0.05, 0) is 25.0 Å². The highest BCUT2D eigenvalue weighted by Crippen LogP contribution is 2.23. The van der Waals surface area contributed by atoms with Gasteiger partial charge in [-0.1, -0.05) is 34.5 Å². The van der Waals surface area contributed by atoms with E-state index < -0.39 is 10.8 Å². The van der Waals surface area contributed by atoms with Crippen LogP contribution in [-0.2, 0) is 0 Å². The number of nitro benzene ring substituents is 1. The minimum absolute atomic E-state index is 0.0290. The fourth-order valence-electron chi connectivity index (χ4n) is 1.53. The maximum absolute atomic E-state index is 11.9. The van der Waals surface area contributed by atoms with Crippen molar-refractivity contribution in [3.8, 4) is 0 Å². The fraction of sp³-hybridized carbons (Fsp3) is 0.417. The molecule has 0 fully saturated rings. The Hall–Kier alpha value is -1.14. The summed E-state index contributed by atoms with van der Waals surface area (Å²) in [6.45, 7) is 2.50. The van der Waals surface area contributed by atoms with Crippen molar-refractivity contribution >= 4 is 39.1 Å². The number of rotatable bonds is 6. The van der Waals surface area contributed by atoms with Gasteiger partial charge >= 0.3 is 0 Å². The number of hydrogen-bond acceptors (Lipinski definition) is 3. The standard InChI is InChI=1S/C12H14BrClN2O3/c1-8(13)3-2-6-15-12(17)10-5-4-9(14)7-11(10)16(18)19/h4-5,7-8H,2-3,6H2,1H3,(H,15,17). The summed E-state index contributed by atoms with van der Waals surface area (Å²) in [6, 6.07) is 4.00. The minimum Gasteiger partial charge on any atom is -0.352 e. The van der Waals surface area contributed by atoms with Crippen molar-refractivity contribution in [1.82, 2.24) is 5.32 Å². The molecule has 0 heterocycles. The van der Waals surface area contributed by atoms with Crippen LogP contribution in [0, 0.1) is 10.1 Å². The van der Waals surface area contributed by atoms with Crippen LogP contribution in [-0.4, -0.2) is 22.2 Å². The van der Waals surface area contributed by atoms with Gasteiger partial charge in [0.15, 0.2) is 0 Å². The second-order valence-electron chi connectivity index (χ2n) is 4.10. The fourth-order valence-corrected chi connectivity index (χ4v) is 2.02. The van der Waals surface area contributed by atoms with Gasteiger partial charge in [0.25, 0.3) is 11.6 Å². The number of nitrogens with one attached hydrogen (secondary N) is 1. The zero-order valence-electron chi connectivity index (χ0n) is 10.4. The molecule has 0 saturated carbocycles. The molecular weight excluding hydrogens is 336 g/mol. The van der Waals surface area contributed by atoms with Gasteiger partial charge in [0, 0.05) is 22.5 Å². The topological polar surface area (TPSA) is 72.2 Å². The Morgan fingerprint density at radius 2 is 2.26 bits per heavy atom. The molecule has 0 saturated heterocycles. The number of carbonyl (C=O) groups is 1. The molecule has 1 atom stereocenters. The lowest BCUT2D eigenvalue weighted by Gasteiger charge is -2.07. The molecule has 1 aromatic rings. The number of hydrogen-bond donors (Lipinski definition) is 1. The molecular formula is C12H14BrClN2O3. The summed E-state index contributed by atoms with van der Waals surface area (Å²) in [6.07, 6.45) is 1.72. The van der Waals surface area contributed by atoms with Gasteiger partial charge < -0.3 is 5.32 Å². The van der Waals surface area contributed by atoms with E-state index in [9.17, 15) is 14.9 Å². The van der Waals surface area contributed by atoms with Crippen LogP contribution in [0.5, 0.6) is 0 Å². The zero-order valence-corrected chi connectivity index (χ0v) is 12.7. The first kappa shape index (κ1) is 15.9. The van der Waals surface area contributed by atoms with E-state index in [0.29, 0.717) is 11.4 Å². The number of nitro groups is 1. The van der Waals surface area contributed by atoms with Crippen molar-refractivity contribution in [1.29, 1.82) is 0 Å². The summed E-state index contributed by atoms with van der Waals surface area (Å²) < 4.78 is 0. The van der Waals surface area contributed by atoms with Crippen LogP contribution >= 0.6 is 27.5 Å². The molecule has 0 bridgehead atoms. The Labute approximate surface area is 124 Å². The van der Waals surface area contributed by atoms with Gasteiger partial charge in [0.2, 0.25) is 0 Å². The summed E-state index contributed by atoms with van der Waals surface area (Å²) in [5, 5.41) is 13.8. The van der Waals surface area contributed by atoms with E-state index in [2.05, 4.69) is 21.2 Å². The van der Waals surface area contributed by atoms with Gasteiger partial charge in [-0.25, -0.2) is 0 Å². The van der Waals surface area contributed by atoms with Gasteiger partial charge in [0.1, 0.15) is 5.56 Å². The average Bonchev–Trinajstić information content (AvgIpc) is 2.33. The maximum Gasteiger partial charge on any atom is 0.283 e. The van der Waals surface area contributed by atoms with E-state index in [1.54, 1.807) is 0 Å². The summed E-state index contributed by atoms with van der Waals surface area (Å²) in [5.41, 5.74) is -0.250. The van der Waals surface area contributed by atoms with Crippen LogP contribution in [0.25, 0.3) is 0 Å². The molecule has 1 rings (SSSR count). The molecule has 1 unspecified atom stereocenters. The quantitative estimate of drug-likeness (QED) is 0.369. The lowest BCUT2D eigenvalue weighted by atomic mass is 10.1. The predicted molar refractivity (Wildman–Crippen MR) is 78.1 cm³/mol. The third-order valence-electron chi connectivity index (χ3n) is 2.47. The molecule has 0 aromatic heterocycles. The van der Waals surface area contributed by atoms with Gasteiger partial charge in [-0.2, -0.15) is 0 Å². The number of halogens is 2. The number of carbonyl (C=O) groups excluding carboxylic acids is 1. The normalized spacial score (nSPS) is 11.9. The lowest BCUT2D eigenvalue weighted by molar-refractivity contribution is -0.385. The number of benzene rings is 1. The highest BCUT2D eigenvalue weighted by molar-refractivity contribution is 9.09. The first-order valence-electron chi connectivity index (χ1n) is 5.78. The minimum atomic E-state index is -0.610. The van der Waals surface area contributed by atoms with E-state index in [1.165, 1.54) is 18.2 Å². The number of alkyl halides is 1. The van der Waals surface area contributed by atoms with Crippen LogP contribution in [0.4, 0.5) is 5.69 Å². The van der Waals surface area contributed by atoms with Gasteiger partial charge in [-0.15, -0.1) is 0 Å². The Morgan fingerprint density at radius 3 is 2.84 bits per heavy atom. The molecule has 1 aromatic carbocycles. The molecule has 1 N–H and O–H groups in total. The summed E-state index contributed by atoms with van der Waals surface area (Å²) in [7, 11) is 0. The van der Waals surface area contributed by atoms with Crippen molar-refractivity contribution < 1.29 is 9.72 Å². The predicted octanol–water partition coefficient (Wildman–Crippen LogP) is 3.54. The van der Waals surface area contributed by atoms with E-state index in [1.807, 2.05) is 6.92 Å². The SMILES string of the molecule is CC(Br)CCCNC(=O)c1ccc(Cl)cc1[N+](=O)[O-]. The largest absolute Gasteiger partial charge is 0.352 e. The van der Waals surface area contributed by atoms with E-state index in [4.69, 9.17) is 11.6 Å². The zero-order chi connectivity index (χ0) is 14.4. The van der Waals surface area contributed by atoms with Crippen molar-refractivity contribution in [2.24, 2.45) is 0 Å². The molecule has 0 aliphatic heterocycles. The maximum atomic E-state index is 11.9. The Bertz CT molecular complexity index is 480. The van der Waals surface area contributed by atoms with E-state index in [-0.39, 0.29) is 16.3 Å². The van der Waals surface area contributed by atoms with Crippen molar-refractivity contribution in [3.05, 3.63) is 38.9 Å². The number of nitrogens with zero attached hydrogens (tertiary/aromatic N) is 1. The first-order chi connectivity index (χ1) is 8.91. The van der Waals surface area contributed by atoms with Crippen LogP contribution in [0.15, 0.2) is 18.2 Å². The molecule has 0 radical (unpaired) electrons. The summed E-state index contributed by atoms with van der Waals surface area (Å²) >= 11 is 9.09. The molecule has 19 heavy (non-hydrogen) atoms. The van der Waals surface area contributed by atoms with Crippen LogP contribution in [0.3, 0.4) is 0 Å². The molecule has 7 heteroatoms. The van der Waals surface area contributed by atoms with Crippen LogP contribution in [0.1, 0.15) is 30.1 Å². The third-order valence-corrected chi connectivity index (χ3v) is 3.16. The highest BCUT2D eigenvalue weighted by Gasteiger charge is 2.20. The van der Waals surface area contributed by atoms with Crippen molar-refractivity contribution in [3.63, 3.8) is 0 Å². The molecule has 5 nitrogen and oxygen atoms in total. The monoisotopic (exact) mass is 348 g/mol. The van der Waals surface area contributed by atoms with Gasteiger partial charge in [0.05, 0.1) is 4.92 Å². The van der Waals surface area contributed by atoms with Crippen molar-refractivity contribution in [2.75, 3.05) is 6.54 Å². The Morgan fingerprint density at radius 1 is 1.58 bits per heavy atom. The molecule has 1 amide bonds. The Kier molecular flexibility index (Phi) is 6.24. The summed E-state index contributed by atoms with van der Waals surface area (Å²) in [5.74, 6) is -0.453. The molecule has 0 aliphatic rings. The molecule has 0 aliphatic carbocycles. The smallest absolute Gasteiger partial charge is 0.283 e. The van der Waals surface area contributed by atoms with E-state index >= 15 is 0 Å². The average molecular weight is 350 g/mol. The summed E-state index contributed by atoms with van der Waals surface area (Å²) in [4.78, 5) is 22.5. The lowest BCUT2D eigenvalue weighted by Crippen LogP contribution is -2.25. The van der Waals surface area contributed by atoms with Crippen LogP contribution in [0.2, 0.25) is 5.02 Å². The highest BCUT2D eigenvalue weighted by atomic mass is 79.9. The van der Waals surface area contributed by atoms with Gasteiger partial charge in [-0.3, -0.25) is 14.9 Å². The second kappa shape index (κ2) is 7.45. The van der Waals surface area contributed by atoms with E-state index in [0.717, 1.165) is 12.8 Å². The molecule has 0 spiro atoms.